The molecular weight excluding hydrogens is 408 g/mol. The van der Waals surface area contributed by atoms with Crippen LogP contribution in [0.2, 0.25) is 5.02 Å². The number of rotatable bonds is 4. The standard InChI is InChI=1S/C26H23ClN2O2/c1-17-9-7-8-12-20(17)23-21-14-13-19(27)15-22(21)25(30)29(3)24(23)26(31)28(2)16-18-10-5-4-6-11-18/h4-15H,16H2,1-3H3. The molecule has 3 aromatic carbocycles. The second-order valence-electron chi connectivity index (χ2n) is 7.74. The molecule has 31 heavy (non-hydrogen) atoms. The van der Waals surface area contributed by atoms with Crippen molar-refractivity contribution in [3.05, 3.63) is 105 Å². The van der Waals surface area contributed by atoms with Crippen LogP contribution in [-0.4, -0.2) is 22.4 Å². The van der Waals surface area contributed by atoms with Crippen LogP contribution in [0.3, 0.4) is 0 Å². The van der Waals surface area contributed by atoms with E-state index in [1.165, 1.54) is 4.57 Å². The minimum atomic E-state index is -0.244. The largest absolute Gasteiger partial charge is 0.336 e. The zero-order valence-electron chi connectivity index (χ0n) is 17.7. The van der Waals surface area contributed by atoms with Crippen molar-refractivity contribution in [1.82, 2.24) is 9.47 Å². The highest BCUT2D eigenvalue weighted by molar-refractivity contribution is 6.31. The van der Waals surface area contributed by atoms with E-state index in [1.54, 1.807) is 31.1 Å². The van der Waals surface area contributed by atoms with Crippen molar-refractivity contribution in [2.45, 2.75) is 13.5 Å². The zero-order chi connectivity index (χ0) is 22.1. The summed E-state index contributed by atoms with van der Waals surface area (Å²) >= 11 is 6.19. The highest BCUT2D eigenvalue weighted by Gasteiger charge is 2.25. The number of carbonyl (C=O) groups is 1. The van der Waals surface area contributed by atoms with E-state index in [-0.39, 0.29) is 11.5 Å². The fourth-order valence-corrected chi connectivity index (χ4v) is 4.15. The summed E-state index contributed by atoms with van der Waals surface area (Å²) in [5.41, 5.74) is 3.84. The molecule has 4 rings (SSSR count). The Bertz CT molecular complexity index is 1340. The summed E-state index contributed by atoms with van der Waals surface area (Å²) in [5, 5.41) is 1.70. The number of aromatic nitrogens is 1. The van der Waals surface area contributed by atoms with Crippen LogP contribution in [0.25, 0.3) is 21.9 Å². The molecule has 0 N–H and O–H groups in total. The van der Waals surface area contributed by atoms with Gasteiger partial charge in [-0.15, -0.1) is 0 Å². The Kier molecular flexibility index (Phi) is 5.66. The summed E-state index contributed by atoms with van der Waals surface area (Å²) in [6, 6.07) is 22.9. The third-order valence-corrected chi connectivity index (χ3v) is 5.82. The molecule has 0 atom stereocenters. The van der Waals surface area contributed by atoms with E-state index in [4.69, 9.17) is 11.6 Å². The molecule has 0 aliphatic heterocycles. The van der Waals surface area contributed by atoms with Crippen molar-refractivity contribution in [1.29, 1.82) is 0 Å². The maximum Gasteiger partial charge on any atom is 0.271 e. The van der Waals surface area contributed by atoms with Gasteiger partial charge in [0.05, 0.1) is 0 Å². The van der Waals surface area contributed by atoms with Crippen LogP contribution in [0.15, 0.2) is 77.6 Å². The summed E-state index contributed by atoms with van der Waals surface area (Å²) in [4.78, 5) is 28.5. The Morgan fingerprint density at radius 3 is 2.35 bits per heavy atom. The van der Waals surface area contributed by atoms with Crippen molar-refractivity contribution in [3.63, 3.8) is 0 Å². The molecule has 0 aliphatic rings. The number of halogens is 1. The Labute approximate surface area is 186 Å². The Morgan fingerprint density at radius 1 is 0.968 bits per heavy atom. The molecule has 0 saturated carbocycles. The number of hydrogen-bond acceptors (Lipinski definition) is 2. The molecule has 1 heterocycles. The van der Waals surface area contributed by atoms with E-state index >= 15 is 0 Å². The van der Waals surface area contributed by atoms with Gasteiger partial charge in [-0.05, 0) is 41.1 Å². The molecule has 4 nitrogen and oxygen atoms in total. The second kappa shape index (κ2) is 8.40. The lowest BCUT2D eigenvalue weighted by Gasteiger charge is -2.23. The predicted molar refractivity (Wildman–Crippen MR) is 127 cm³/mol. The summed E-state index contributed by atoms with van der Waals surface area (Å²) < 4.78 is 1.45. The van der Waals surface area contributed by atoms with Gasteiger partial charge in [-0.25, -0.2) is 0 Å². The highest BCUT2D eigenvalue weighted by Crippen LogP contribution is 2.34. The average Bonchev–Trinajstić information content (AvgIpc) is 2.77. The monoisotopic (exact) mass is 430 g/mol. The third-order valence-electron chi connectivity index (χ3n) is 5.58. The molecule has 1 aromatic heterocycles. The molecule has 0 saturated heterocycles. The fourth-order valence-electron chi connectivity index (χ4n) is 3.98. The fraction of sp³-hybridized carbons (Fsp3) is 0.154. The van der Waals surface area contributed by atoms with Crippen LogP contribution >= 0.6 is 11.6 Å². The Balaban J connectivity index is 1.98. The number of carbonyl (C=O) groups excluding carboxylic acids is 1. The molecular formula is C26H23ClN2O2. The zero-order valence-corrected chi connectivity index (χ0v) is 18.5. The molecule has 5 heteroatoms. The molecule has 0 radical (unpaired) electrons. The molecule has 0 bridgehead atoms. The molecule has 0 unspecified atom stereocenters. The molecule has 0 aliphatic carbocycles. The lowest BCUT2D eigenvalue weighted by atomic mass is 9.93. The summed E-state index contributed by atoms with van der Waals surface area (Å²) in [7, 11) is 3.40. The lowest BCUT2D eigenvalue weighted by Crippen LogP contribution is -2.33. The number of fused-ring (bicyclic) bond motifs is 1. The number of benzene rings is 3. The Morgan fingerprint density at radius 2 is 1.65 bits per heavy atom. The SMILES string of the molecule is Cc1ccccc1-c1c(C(=O)N(C)Cc2ccccc2)n(C)c(=O)c2cc(Cl)ccc12. The number of amides is 1. The number of pyridine rings is 1. The van der Waals surface area contributed by atoms with Gasteiger partial charge in [0.25, 0.3) is 11.5 Å². The lowest BCUT2D eigenvalue weighted by molar-refractivity contribution is 0.0775. The minimum Gasteiger partial charge on any atom is -0.336 e. The van der Waals surface area contributed by atoms with Gasteiger partial charge in [-0.2, -0.15) is 0 Å². The molecule has 0 fully saturated rings. The first-order valence-electron chi connectivity index (χ1n) is 10.1. The van der Waals surface area contributed by atoms with Gasteiger partial charge in [0.2, 0.25) is 0 Å². The third kappa shape index (κ3) is 3.87. The smallest absolute Gasteiger partial charge is 0.271 e. The number of nitrogens with zero attached hydrogens (tertiary/aromatic N) is 2. The van der Waals surface area contributed by atoms with Gasteiger partial charge >= 0.3 is 0 Å². The highest BCUT2D eigenvalue weighted by atomic mass is 35.5. The van der Waals surface area contributed by atoms with Gasteiger partial charge in [0.1, 0.15) is 5.69 Å². The van der Waals surface area contributed by atoms with E-state index in [2.05, 4.69) is 0 Å². The predicted octanol–water partition coefficient (Wildman–Crippen LogP) is 5.44. The van der Waals surface area contributed by atoms with Crippen LogP contribution < -0.4 is 5.56 Å². The van der Waals surface area contributed by atoms with Gasteiger partial charge in [0, 0.05) is 36.6 Å². The van der Waals surface area contributed by atoms with E-state index in [0.717, 1.165) is 27.6 Å². The van der Waals surface area contributed by atoms with Crippen LogP contribution in [0, 0.1) is 6.92 Å². The molecule has 0 spiro atoms. The minimum absolute atomic E-state index is 0.210. The molecule has 1 amide bonds. The van der Waals surface area contributed by atoms with Crippen LogP contribution in [0.4, 0.5) is 0 Å². The van der Waals surface area contributed by atoms with Crippen molar-refractivity contribution >= 4 is 28.3 Å². The van der Waals surface area contributed by atoms with Gasteiger partial charge in [-0.3, -0.25) is 9.59 Å². The van der Waals surface area contributed by atoms with Crippen LogP contribution in [0.5, 0.6) is 0 Å². The van der Waals surface area contributed by atoms with Gasteiger partial charge in [0.15, 0.2) is 0 Å². The normalized spacial score (nSPS) is 11.0. The first kappa shape index (κ1) is 20.9. The number of aryl methyl sites for hydroxylation is 1. The average molecular weight is 431 g/mol. The molecule has 4 aromatic rings. The van der Waals surface area contributed by atoms with Crippen molar-refractivity contribution in [2.75, 3.05) is 7.05 Å². The van der Waals surface area contributed by atoms with Gasteiger partial charge < -0.3 is 9.47 Å². The van der Waals surface area contributed by atoms with Crippen LogP contribution in [-0.2, 0) is 13.6 Å². The number of hydrogen-bond donors (Lipinski definition) is 0. The molecule has 156 valence electrons. The van der Waals surface area contributed by atoms with Crippen molar-refractivity contribution < 1.29 is 4.79 Å². The first-order chi connectivity index (χ1) is 14.9. The first-order valence-corrected chi connectivity index (χ1v) is 10.4. The van der Waals surface area contributed by atoms with E-state index in [1.807, 2.05) is 67.6 Å². The summed E-state index contributed by atoms with van der Waals surface area (Å²) in [5.74, 6) is -0.210. The van der Waals surface area contributed by atoms with Crippen molar-refractivity contribution in [3.8, 4) is 11.1 Å². The van der Waals surface area contributed by atoms with E-state index < -0.39 is 0 Å². The second-order valence-corrected chi connectivity index (χ2v) is 8.18. The Hall–Kier alpha value is -3.37. The summed E-state index contributed by atoms with van der Waals surface area (Å²) in [6.07, 6.45) is 0. The quantitative estimate of drug-likeness (QED) is 0.432. The maximum atomic E-state index is 13.7. The van der Waals surface area contributed by atoms with Crippen LogP contribution in [0.1, 0.15) is 21.6 Å². The van der Waals surface area contributed by atoms with Crippen molar-refractivity contribution in [2.24, 2.45) is 7.05 Å². The van der Waals surface area contributed by atoms with E-state index in [9.17, 15) is 9.59 Å². The summed E-state index contributed by atoms with van der Waals surface area (Å²) in [6.45, 7) is 2.45. The van der Waals surface area contributed by atoms with E-state index in [0.29, 0.717) is 22.6 Å². The maximum absolute atomic E-state index is 13.7. The van der Waals surface area contributed by atoms with Gasteiger partial charge in [-0.1, -0.05) is 72.3 Å². The topological polar surface area (TPSA) is 42.3 Å².